The molecule has 0 atom stereocenters. The van der Waals surface area contributed by atoms with E-state index in [4.69, 9.17) is 0 Å². The number of benzene rings is 2. The molecule has 0 radical (unpaired) electrons. The van der Waals surface area contributed by atoms with Crippen LogP contribution in [-0.2, 0) is 11.3 Å². The molecule has 0 saturated carbocycles. The van der Waals surface area contributed by atoms with E-state index in [1.165, 1.54) is 6.07 Å². The molecule has 1 aliphatic heterocycles. The van der Waals surface area contributed by atoms with Crippen LogP contribution in [0.1, 0.15) is 18.4 Å². The average molecular weight is 391 g/mol. The van der Waals surface area contributed by atoms with Crippen LogP contribution in [0.2, 0.25) is 0 Å². The fraction of sp³-hybridized carbons (Fsp3) is 0.316. The molecular weight excluding hydrogens is 371 g/mol. The van der Waals surface area contributed by atoms with E-state index >= 15 is 0 Å². The van der Waals surface area contributed by atoms with Crippen molar-refractivity contribution in [2.45, 2.75) is 19.4 Å². The van der Waals surface area contributed by atoms with E-state index in [-0.39, 0.29) is 17.6 Å². The van der Waals surface area contributed by atoms with Crippen LogP contribution in [0.15, 0.2) is 53.0 Å². The van der Waals surface area contributed by atoms with Gasteiger partial charge in [-0.2, -0.15) is 0 Å². The molecule has 126 valence electrons. The van der Waals surface area contributed by atoms with Gasteiger partial charge in [0.25, 0.3) is 0 Å². The predicted molar refractivity (Wildman–Crippen MR) is 97.2 cm³/mol. The summed E-state index contributed by atoms with van der Waals surface area (Å²) in [7, 11) is 0. The minimum Gasteiger partial charge on any atom is -0.325 e. The van der Waals surface area contributed by atoms with Crippen molar-refractivity contribution in [1.29, 1.82) is 0 Å². The highest BCUT2D eigenvalue weighted by atomic mass is 79.9. The quantitative estimate of drug-likeness (QED) is 0.836. The monoisotopic (exact) mass is 390 g/mol. The number of nitrogens with zero attached hydrogens (tertiary/aromatic N) is 1. The van der Waals surface area contributed by atoms with Crippen LogP contribution in [0.4, 0.5) is 10.1 Å². The third kappa shape index (κ3) is 4.22. The number of amides is 1. The summed E-state index contributed by atoms with van der Waals surface area (Å²) in [4.78, 5) is 14.6. The first-order valence-corrected chi connectivity index (χ1v) is 8.94. The molecule has 5 heteroatoms. The minimum absolute atomic E-state index is 0.00831. The maximum Gasteiger partial charge on any atom is 0.227 e. The number of carbonyl (C=O) groups is 1. The maximum atomic E-state index is 13.7. The van der Waals surface area contributed by atoms with Gasteiger partial charge in [-0.25, -0.2) is 4.39 Å². The van der Waals surface area contributed by atoms with Crippen molar-refractivity contribution in [3.63, 3.8) is 0 Å². The van der Waals surface area contributed by atoms with Gasteiger partial charge in [0, 0.05) is 22.5 Å². The summed E-state index contributed by atoms with van der Waals surface area (Å²) in [5.41, 5.74) is 1.52. The first kappa shape index (κ1) is 17.1. The lowest BCUT2D eigenvalue weighted by molar-refractivity contribution is -0.121. The summed E-state index contributed by atoms with van der Waals surface area (Å²) in [5.74, 6) is -0.0901. The Morgan fingerprint density at radius 2 is 1.79 bits per heavy atom. The van der Waals surface area contributed by atoms with Crippen molar-refractivity contribution in [3.8, 4) is 0 Å². The van der Waals surface area contributed by atoms with E-state index in [9.17, 15) is 9.18 Å². The topological polar surface area (TPSA) is 32.3 Å². The van der Waals surface area contributed by atoms with Crippen LogP contribution in [0.5, 0.6) is 0 Å². The molecule has 1 fully saturated rings. The lowest BCUT2D eigenvalue weighted by Crippen LogP contribution is -2.37. The number of rotatable bonds is 4. The number of para-hydroxylation sites is 1. The van der Waals surface area contributed by atoms with Gasteiger partial charge in [-0.3, -0.25) is 9.69 Å². The standard InChI is InChI=1S/C19H20BrFN2O/c20-16-6-2-4-8-18(16)22-19(24)14-9-11-23(12-10-14)13-15-5-1-3-7-17(15)21/h1-8,14H,9-13H2,(H,22,24). The highest BCUT2D eigenvalue weighted by molar-refractivity contribution is 9.10. The molecule has 0 aromatic heterocycles. The van der Waals surface area contributed by atoms with Crippen molar-refractivity contribution in [2.75, 3.05) is 18.4 Å². The zero-order valence-electron chi connectivity index (χ0n) is 13.3. The van der Waals surface area contributed by atoms with Crippen LogP contribution in [-0.4, -0.2) is 23.9 Å². The molecule has 0 unspecified atom stereocenters. The Labute approximate surface area is 150 Å². The Hall–Kier alpha value is -1.72. The summed E-state index contributed by atoms with van der Waals surface area (Å²) in [6, 6.07) is 14.5. The third-order valence-corrected chi connectivity index (χ3v) is 5.13. The van der Waals surface area contributed by atoms with Gasteiger partial charge in [0.05, 0.1) is 5.69 Å². The zero-order valence-corrected chi connectivity index (χ0v) is 14.9. The van der Waals surface area contributed by atoms with Gasteiger partial charge in [0.1, 0.15) is 5.82 Å². The normalized spacial score (nSPS) is 16.1. The number of hydrogen-bond donors (Lipinski definition) is 1. The van der Waals surface area contributed by atoms with Gasteiger partial charge < -0.3 is 5.32 Å². The molecule has 2 aromatic carbocycles. The zero-order chi connectivity index (χ0) is 16.9. The molecule has 1 amide bonds. The van der Waals surface area contributed by atoms with Gasteiger partial charge in [-0.05, 0) is 60.1 Å². The molecule has 24 heavy (non-hydrogen) atoms. The SMILES string of the molecule is O=C(Nc1ccccc1Br)C1CCN(Cc2ccccc2F)CC1. The Morgan fingerprint density at radius 1 is 1.12 bits per heavy atom. The van der Waals surface area contributed by atoms with Crippen LogP contribution >= 0.6 is 15.9 Å². The number of anilines is 1. The Balaban J connectivity index is 1.52. The first-order valence-electron chi connectivity index (χ1n) is 8.14. The number of carbonyl (C=O) groups excluding carboxylic acids is 1. The van der Waals surface area contributed by atoms with Crippen LogP contribution in [0.3, 0.4) is 0 Å². The van der Waals surface area contributed by atoms with E-state index in [0.717, 1.165) is 36.1 Å². The number of piperidine rings is 1. The van der Waals surface area contributed by atoms with Crippen molar-refractivity contribution in [2.24, 2.45) is 5.92 Å². The molecule has 1 N–H and O–H groups in total. The largest absolute Gasteiger partial charge is 0.325 e. The summed E-state index contributed by atoms with van der Waals surface area (Å²) in [5, 5.41) is 2.99. The molecule has 3 rings (SSSR count). The third-order valence-electron chi connectivity index (χ3n) is 4.44. The van der Waals surface area contributed by atoms with Gasteiger partial charge in [0.2, 0.25) is 5.91 Å². The second kappa shape index (κ2) is 7.90. The molecule has 0 spiro atoms. The second-order valence-electron chi connectivity index (χ2n) is 6.11. The molecule has 0 aliphatic carbocycles. The van der Waals surface area contributed by atoms with Crippen molar-refractivity contribution >= 4 is 27.5 Å². The van der Waals surface area contributed by atoms with Crippen molar-refractivity contribution in [3.05, 3.63) is 64.4 Å². The minimum atomic E-state index is -0.161. The van der Waals surface area contributed by atoms with E-state index < -0.39 is 0 Å². The molecule has 0 bridgehead atoms. The van der Waals surface area contributed by atoms with Crippen LogP contribution < -0.4 is 5.32 Å². The summed E-state index contributed by atoms with van der Waals surface area (Å²) in [6.45, 7) is 2.22. The number of hydrogen-bond acceptors (Lipinski definition) is 2. The highest BCUT2D eigenvalue weighted by Crippen LogP contribution is 2.25. The number of nitrogens with one attached hydrogen (secondary N) is 1. The molecule has 2 aromatic rings. The lowest BCUT2D eigenvalue weighted by atomic mass is 9.95. The first-order chi connectivity index (χ1) is 11.6. The average Bonchev–Trinajstić information content (AvgIpc) is 2.59. The second-order valence-corrected chi connectivity index (χ2v) is 6.97. The van der Waals surface area contributed by atoms with Crippen LogP contribution in [0, 0.1) is 11.7 Å². The van der Waals surface area contributed by atoms with Crippen molar-refractivity contribution in [1.82, 2.24) is 4.90 Å². The molecular formula is C19H20BrFN2O. The van der Waals surface area contributed by atoms with E-state index in [0.29, 0.717) is 12.1 Å². The molecule has 3 nitrogen and oxygen atoms in total. The number of likely N-dealkylation sites (tertiary alicyclic amines) is 1. The molecule has 1 aliphatic rings. The summed E-state index contributed by atoms with van der Waals surface area (Å²) in [6.07, 6.45) is 1.59. The van der Waals surface area contributed by atoms with E-state index in [1.807, 2.05) is 36.4 Å². The van der Waals surface area contributed by atoms with Gasteiger partial charge in [0.15, 0.2) is 0 Å². The van der Waals surface area contributed by atoms with Crippen LogP contribution in [0.25, 0.3) is 0 Å². The van der Waals surface area contributed by atoms with Gasteiger partial charge in [-0.1, -0.05) is 30.3 Å². The van der Waals surface area contributed by atoms with Crippen molar-refractivity contribution < 1.29 is 9.18 Å². The number of halogens is 2. The lowest BCUT2D eigenvalue weighted by Gasteiger charge is -2.31. The smallest absolute Gasteiger partial charge is 0.227 e. The fourth-order valence-corrected chi connectivity index (χ4v) is 3.40. The highest BCUT2D eigenvalue weighted by Gasteiger charge is 2.25. The molecule has 1 saturated heterocycles. The summed E-state index contributed by atoms with van der Waals surface area (Å²) >= 11 is 3.44. The fourth-order valence-electron chi connectivity index (χ4n) is 3.02. The van der Waals surface area contributed by atoms with E-state index in [1.54, 1.807) is 6.07 Å². The van der Waals surface area contributed by atoms with Gasteiger partial charge in [-0.15, -0.1) is 0 Å². The summed E-state index contributed by atoms with van der Waals surface area (Å²) < 4.78 is 14.6. The predicted octanol–water partition coefficient (Wildman–Crippen LogP) is 4.44. The Morgan fingerprint density at radius 3 is 2.50 bits per heavy atom. The maximum absolute atomic E-state index is 13.7. The Bertz CT molecular complexity index is 714. The van der Waals surface area contributed by atoms with Gasteiger partial charge >= 0.3 is 0 Å². The van der Waals surface area contributed by atoms with E-state index in [2.05, 4.69) is 26.1 Å². The molecule has 1 heterocycles. The Kier molecular flexibility index (Phi) is 5.63.